The molecule has 0 aliphatic carbocycles. The van der Waals surface area contributed by atoms with Gasteiger partial charge in [-0.3, -0.25) is 0 Å². The Labute approximate surface area is 91.7 Å². The number of fused-ring (bicyclic) bond motifs is 1. The summed E-state index contributed by atoms with van der Waals surface area (Å²) in [7, 11) is 0. The third-order valence-electron chi connectivity index (χ3n) is 3.19. The van der Waals surface area contributed by atoms with Crippen molar-refractivity contribution in [3.8, 4) is 0 Å². The second kappa shape index (κ2) is 3.26. The zero-order chi connectivity index (χ0) is 11.2. The van der Waals surface area contributed by atoms with E-state index in [-0.39, 0.29) is 5.41 Å². The standard InChI is InChI=1S/C12H21N3/c1-8-6-5-7-9-10(13)14-11(15(8)9)12(2,3)4/h8H,5-7,13H2,1-4H3. The molecule has 1 unspecified atom stereocenters. The molecule has 0 bridgehead atoms. The van der Waals surface area contributed by atoms with Gasteiger partial charge in [0.2, 0.25) is 0 Å². The Hall–Kier alpha value is -0.990. The van der Waals surface area contributed by atoms with Gasteiger partial charge in [-0.05, 0) is 26.2 Å². The first-order valence-electron chi connectivity index (χ1n) is 5.78. The van der Waals surface area contributed by atoms with Crippen molar-refractivity contribution in [3.05, 3.63) is 11.5 Å². The molecule has 2 rings (SSSR count). The lowest BCUT2D eigenvalue weighted by molar-refractivity contribution is 0.387. The molecule has 84 valence electrons. The summed E-state index contributed by atoms with van der Waals surface area (Å²) in [6, 6.07) is 0.549. The summed E-state index contributed by atoms with van der Waals surface area (Å²) in [6.07, 6.45) is 3.56. The van der Waals surface area contributed by atoms with Gasteiger partial charge in [0.05, 0.1) is 5.69 Å². The van der Waals surface area contributed by atoms with Crippen LogP contribution in [0.1, 0.15) is 58.1 Å². The minimum absolute atomic E-state index is 0.0813. The fourth-order valence-corrected chi connectivity index (χ4v) is 2.43. The summed E-state index contributed by atoms with van der Waals surface area (Å²) < 4.78 is 2.36. The number of imidazole rings is 1. The molecule has 1 aliphatic heterocycles. The minimum atomic E-state index is 0.0813. The highest BCUT2D eigenvalue weighted by molar-refractivity contribution is 5.40. The molecule has 0 radical (unpaired) electrons. The van der Waals surface area contributed by atoms with Crippen LogP contribution in [-0.4, -0.2) is 9.55 Å². The number of nitrogens with two attached hydrogens (primary N) is 1. The van der Waals surface area contributed by atoms with Gasteiger partial charge < -0.3 is 10.3 Å². The highest BCUT2D eigenvalue weighted by Crippen LogP contribution is 2.34. The number of nitrogens with zero attached hydrogens (tertiary/aromatic N) is 2. The molecule has 3 nitrogen and oxygen atoms in total. The van der Waals surface area contributed by atoms with Gasteiger partial charge in [0, 0.05) is 11.5 Å². The van der Waals surface area contributed by atoms with Crippen LogP contribution in [0.3, 0.4) is 0 Å². The molecule has 1 aromatic heterocycles. The van der Waals surface area contributed by atoms with E-state index in [4.69, 9.17) is 5.73 Å². The molecule has 2 heterocycles. The van der Waals surface area contributed by atoms with E-state index in [2.05, 4.69) is 37.2 Å². The summed E-state index contributed by atoms with van der Waals surface area (Å²) in [4.78, 5) is 4.55. The number of hydrogen-bond donors (Lipinski definition) is 1. The third kappa shape index (κ3) is 1.64. The predicted molar refractivity (Wildman–Crippen MR) is 63.0 cm³/mol. The van der Waals surface area contributed by atoms with Crippen molar-refractivity contribution in [2.24, 2.45) is 0 Å². The van der Waals surface area contributed by atoms with Gasteiger partial charge in [0.15, 0.2) is 0 Å². The minimum Gasteiger partial charge on any atom is -0.382 e. The Morgan fingerprint density at radius 2 is 2.07 bits per heavy atom. The second-order valence-corrected chi connectivity index (χ2v) is 5.63. The zero-order valence-corrected chi connectivity index (χ0v) is 10.2. The Balaban J connectivity index is 2.58. The number of anilines is 1. The zero-order valence-electron chi connectivity index (χ0n) is 10.2. The molecular weight excluding hydrogens is 186 g/mol. The summed E-state index contributed by atoms with van der Waals surface area (Å²) in [5.74, 6) is 1.88. The third-order valence-corrected chi connectivity index (χ3v) is 3.19. The number of aromatic nitrogens is 2. The van der Waals surface area contributed by atoms with Crippen LogP contribution in [0.25, 0.3) is 0 Å². The molecule has 0 spiro atoms. The molecule has 0 amide bonds. The van der Waals surface area contributed by atoms with E-state index in [0.717, 1.165) is 18.1 Å². The largest absolute Gasteiger partial charge is 0.382 e. The van der Waals surface area contributed by atoms with Crippen LogP contribution >= 0.6 is 0 Å². The van der Waals surface area contributed by atoms with Crippen LogP contribution in [-0.2, 0) is 11.8 Å². The average molecular weight is 207 g/mol. The van der Waals surface area contributed by atoms with Crippen LogP contribution in [0.4, 0.5) is 5.82 Å². The molecule has 15 heavy (non-hydrogen) atoms. The van der Waals surface area contributed by atoms with E-state index in [1.165, 1.54) is 18.5 Å². The predicted octanol–water partition coefficient (Wildman–Crippen LogP) is 2.66. The van der Waals surface area contributed by atoms with Gasteiger partial charge in [-0.15, -0.1) is 0 Å². The first kappa shape index (κ1) is 10.5. The lowest BCUT2D eigenvalue weighted by atomic mass is 9.94. The topological polar surface area (TPSA) is 43.8 Å². The molecular formula is C12H21N3. The Morgan fingerprint density at radius 1 is 1.40 bits per heavy atom. The lowest BCUT2D eigenvalue weighted by Gasteiger charge is -2.28. The van der Waals surface area contributed by atoms with Gasteiger partial charge in [-0.2, -0.15) is 0 Å². The van der Waals surface area contributed by atoms with Gasteiger partial charge in [-0.1, -0.05) is 20.8 Å². The first-order chi connectivity index (χ1) is 6.91. The molecule has 0 saturated carbocycles. The van der Waals surface area contributed by atoms with Crippen molar-refractivity contribution in [1.29, 1.82) is 0 Å². The molecule has 2 N–H and O–H groups in total. The van der Waals surface area contributed by atoms with Crippen LogP contribution in [0, 0.1) is 0 Å². The van der Waals surface area contributed by atoms with E-state index in [1.807, 2.05) is 0 Å². The molecule has 1 atom stereocenters. The maximum atomic E-state index is 5.99. The lowest BCUT2D eigenvalue weighted by Crippen LogP contribution is -2.24. The highest BCUT2D eigenvalue weighted by atomic mass is 15.2. The van der Waals surface area contributed by atoms with Crippen molar-refractivity contribution < 1.29 is 0 Å². The fourth-order valence-electron chi connectivity index (χ4n) is 2.43. The summed E-state index contributed by atoms with van der Waals surface area (Å²) in [6.45, 7) is 8.86. The van der Waals surface area contributed by atoms with E-state index in [0.29, 0.717) is 6.04 Å². The van der Waals surface area contributed by atoms with Gasteiger partial charge in [0.25, 0.3) is 0 Å². The van der Waals surface area contributed by atoms with Crippen molar-refractivity contribution in [2.45, 2.75) is 58.4 Å². The maximum Gasteiger partial charge on any atom is 0.145 e. The Bertz CT molecular complexity index is 371. The van der Waals surface area contributed by atoms with E-state index >= 15 is 0 Å². The molecule has 3 heteroatoms. The molecule has 0 aromatic carbocycles. The molecule has 0 fully saturated rings. The summed E-state index contributed by atoms with van der Waals surface area (Å²) in [5, 5.41) is 0. The second-order valence-electron chi connectivity index (χ2n) is 5.63. The quantitative estimate of drug-likeness (QED) is 0.710. The van der Waals surface area contributed by atoms with Gasteiger partial charge in [0.1, 0.15) is 11.6 Å². The van der Waals surface area contributed by atoms with Crippen molar-refractivity contribution in [3.63, 3.8) is 0 Å². The number of hydrogen-bond acceptors (Lipinski definition) is 2. The summed E-state index contributed by atoms with van der Waals surface area (Å²) in [5.41, 5.74) is 7.32. The maximum absolute atomic E-state index is 5.99. The van der Waals surface area contributed by atoms with Crippen LogP contribution in [0.2, 0.25) is 0 Å². The van der Waals surface area contributed by atoms with E-state index in [1.54, 1.807) is 0 Å². The Morgan fingerprint density at radius 3 is 2.67 bits per heavy atom. The normalized spacial score (nSPS) is 21.5. The van der Waals surface area contributed by atoms with Crippen molar-refractivity contribution in [2.75, 3.05) is 5.73 Å². The van der Waals surface area contributed by atoms with E-state index < -0.39 is 0 Å². The summed E-state index contributed by atoms with van der Waals surface area (Å²) >= 11 is 0. The molecule has 1 aromatic rings. The monoisotopic (exact) mass is 207 g/mol. The fraction of sp³-hybridized carbons (Fsp3) is 0.750. The van der Waals surface area contributed by atoms with Crippen LogP contribution in [0.15, 0.2) is 0 Å². The number of rotatable bonds is 0. The molecule has 0 saturated heterocycles. The SMILES string of the molecule is CC1CCCc2c(N)nc(C(C)(C)C)n21. The number of nitrogen functional groups attached to an aromatic ring is 1. The first-order valence-corrected chi connectivity index (χ1v) is 5.78. The van der Waals surface area contributed by atoms with Gasteiger partial charge >= 0.3 is 0 Å². The van der Waals surface area contributed by atoms with Gasteiger partial charge in [-0.25, -0.2) is 4.98 Å². The highest BCUT2D eigenvalue weighted by Gasteiger charge is 2.29. The van der Waals surface area contributed by atoms with Crippen LogP contribution in [0.5, 0.6) is 0 Å². The average Bonchev–Trinajstić information content (AvgIpc) is 2.45. The van der Waals surface area contributed by atoms with Crippen molar-refractivity contribution in [1.82, 2.24) is 9.55 Å². The molecule has 1 aliphatic rings. The smallest absolute Gasteiger partial charge is 0.145 e. The van der Waals surface area contributed by atoms with Crippen molar-refractivity contribution >= 4 is 5.82 Å². The Kier molecular flexibility index (Phi) is 2.28. The van der Waals surface area contributed by atoms with Crippen LogP contribution < -0.4 is 5.73 Å². The van der Waals surface area contributed by atoms with E-state index in [9.17, 15) is 0 Å².